The summed E-state index contributed by atoms with van der Waals surface area (Å²) in [5, 5.41) is 17.0. The third-order valence-corrected chi connectivity index (χ3v) is 6.56. The molecule has 0 radical (unpaired) electrons. The highest BCUT2D eigenvalue weighted by Crippen LogP contribution is 2.28. The first-order valence-electron chi connectivity index (χ1n) is 13.3. The van der Waals surface area contributed by atoms with Gasteiger partial charge in [-0.15, -0.1) is 10.2 Å². The Morgan fingerprint density at radius 1 is 1.12 bits per heavy atom. The van der Waals surface area contributed by atoms with Gasteiger partial charge in [-0.25, -0.2) is 4.98 Å². The minimum absolute atomic E-state index is 0.0207. The van der Waals surface area contributed by atoms with E-state index < -0.39 is 18.5 Å². The second-order valence-corrected chi connectivity index (χ2v) is 9.48. The number of carbonyl (C=O) groups is 1. The number of nitrogens with zero attached hydrogens (tertiary/aromatic N) is 6. The molecule has 14 heteroatoms. The molecule has 1 amide bonds. The Morgan fingerprint density at radius 2 is 2.00 bits per heavy atom. The minimum atomic E-state index is -2.90. The summed E-state index contributed by atoms with van der Waals surface area (Å²) in [6, 6.07) is 17.3. The van der Waals surface area contributed by atoms with Gasteiger partial charge in [0.1, 0.15) is 23.1 Å². The molecule has 216 valence electrons. The third kappa shape index (κ3) is 6.24. The minimum Gasteiger partial charge on any atom is -0.488 e. The largest absolute Gasteiger partial charge is 0.488 e. The summed E-state index contributed by atoms with van der Waals surface area (Å²) in [5.41, 5.74) is 2.75. The number of hydrogen-bond acceptors (Lipinski definition) is 10. The standard InChI is InChI=1S/C28H26F2N8O4/c29-28(30)38-36-25(35-37-38)24(17-4-2-1-3-5-17)32-11-12-33-26(39)22-14-18(8-10-31-22)27-34-21-15-19(6-7-23(21)42-27)41-20-9-13-40-16-20/h1-8,10,14-15,20,24,28,32H,9,11-13,16H2,(H,33,39)/t20-,24?/m0/s1. The van der Waals surface area contributed by atoms with E-state index in [1.165, 1.54) is 6.20 Å². The summed E-state index contributed by atoms with van der Waals surface area (Å²) in [6.07, 6.45) is 2.37. The summed E-state index contributed by atoms with van der Waals surface area (Å²) in [4.78, 5) is 21.9. The molecule has 12 nitrogen and oxygen atoms in total. The zero-order valence-corrected chi connectivity index (χ0v) is 22.2. The molecule has 3 aromatic heterocycles. The average molecular weight is 577 g/mol. The SMILES string of the molecule is O=C(NCCNC(c1ccccc1)c1nnn(C(F)F)n1)c1cc(-c2nc3cc(O[C@H]4CCOC4)ccc3o2)ccn1. The lowest BCUT2D eigenvalue weighted by Gasteiger charge is -2.16. The number of amides is 1. The summed E-state index contributed by atoms with van der Waals surface area (Å²) in [7, 11) is 0. The molecule has 1 unspecified atom stereocenters. The van der Waals surface area contributed by atoms with Crippen LogP contribution in [-0.2, 0) is 4.74 Å². The normalized spacial score (nSPS) is 15.7. The monoisotopic (exact) mass is 576 g/mol. The number of tetrazole rings is 1. The van der Waals surface area contributed by atoms with Crippen LogP contribution in [0.25, 0.3) is 22.6 Å². The lowest BCUT2D eigenvalue weighted by Crippen LogP contribution is -2.34. The first-order chi connectivity index (χ1) is 20.5. The highest BCUT2D eigenvalue weighted by Gasteiger charge is 2.22. The van der Waals surface area contributed by atoms with E-state index in [4.69, 9.17) is 13.9 Å². The molecule has 42 heavy (non-hydrogen) atoms. The van der Waals surface area contributed by atoms with Gasteiger partial charge in [-0.1, -0.05) is 35.1 Å². The average Bonchev–Trinajstić information content (AvgIpc) is 3.79. The van der Waals surface area contributed by atoms with Crippen molar-refractivity contribution in [2.24, 2.45) is 0 Å². The van der Waals surface area contributed by atoms with Crippen molar-refractivity contribution in [1.29, 1.82) is 0 Å². The maximum Gasteiger partial charge on any atom is 0.350 e. The molecule has 1 fully saturated rings. The molecule has 0 spiro atoms. The maximum absolute atomic E-state index is 13.0. The first kappa shape index (κ1) is 27.4. The molecule has 6 rings (SSSR count). The van der Waals surface area contributed by atoms with Gasteiger partial charge in [-0.05, 0) is 35.0 Å². The van der Waals surface area contributed by atoms with Crippen LogP contribution in [0.4, 0.5) is 8.78 Å². The summed E-state index contributed by atoms with van der Waals surface area (Å²) in [6.45, 7) is -1.14. The van der Waals surface area contributed by atoms with Gasteiger partial charge in [0.2, 0.25) is 5.89 Å². The number of oxazole rings is 1. The van der Waals surface area contributed by atoms with E-state index in [2.05, 4.69) is 36.0 Å². The molecular formula is C28H26F2N8O4. The second kappa shape index (κ2) is 12.4. The number of ether oxygens (including phenoxy) is 2. The first-order valence-corrected chi connectivity index (χ1v) is 13.3. The van der Waals surface area contributed by atoms with E-state index >= 15 is 0 Å². The van der Waals surface area contributed by atoms with E-state index in [-0.39, 0.29) is 35.5 Å². The van der Waals surface area contributed by atoms with Crippen molar-refractivity contribution >= 4 is 17.0 Å². The van der Waals surface area contributed by atoms with E-state index in [0.717, 1.165) is 12.0 Å². The number of alkyl halides is 2. The molecule has 2 N–H and O–H groups in total. The van der Waals surface area contributed by atoms with Crippen molar-refractivity contribution in [1.82, 2.24) is 40.8 Å². The summed E-state index contributed by atoms with van der Waals surface area (Å²) >= 11 is 0. The molecule has 0 saturated carbocycles. The summed E-state index contributed by atoms with van der Waals surface area (Å²) < 4.78 is 43.2. The number of halogens is 2. The van der Waals surface area contributed by atoms with Crippen molar-refractivity contribution in [2.75, 3.05) is 26.3 Å². The van der Waals surface area contributed by atoms with Crippen LogP contribution in [0, 0.1) is 0 Å². The number of aromatic nitrogens is 6. The van der Waals surface area contributed by atoms with Crippen LogP contribution in [0.5, 0.6) is 5.75 Å². The smallest absolute Gasteiger partial charge is 0.350 e. The van der Waals surface area contributed by atoms with Gasteiger partial charge in [0.05, 0.1) is 19.3 Å². The van der Waals surface area contributed by atoms with Gasteiger partial charge in [0.15, 0.2) is 11.4 Å². The molecule has 5 aromatic rings. The number of rotatable bonds is 11. The van der Waals surface area contributed by atoms with Gasteiger partial charge >= 0.3 is 6.55 Å². The zero-order valence-electron chi connectivity index (χ0n) is 22.2. The lowest BCUT2D eigenvalue weighted by atomic mass is 10.1. The van der Waals surface area contributed by atoms with E-state index in [9.17, 15) is 13.6 Å². The van der Waals surface area contributed by atoms with Crippen molar-refractivity contribution < 1.29 is 27.5 Å². The van der Waals surface area contributed by atoms with Crippen LogP contribution in [-0.4, -0.2) is 68.5 Å². The van der Waals surface area contributed by atoms with Crippen LogP contribution in [0.3, 0.4) is 0 Å². The molecule has 2 aromatic carbocycles. The van der Waals surface area contributed by atoms with Crippen molar-refractivity contribution in [3.63, 3.8) is 0 Å². The Bertz CT molecular complexity index is 1660. The van der Waals surface area contributed by atoms with Crippen LogP contribution in [0.15, 0.2) is 71.3 Å². The topological polar surface area (TPSA) is 142 Å². The predicted octanol–water partition coefficient (Wildman–Crippen LogP) is 3.55. The second-order valence-electron chi connectivity index (χ2n) is 9.48. The molecule has 1 saturated heterocycles. The molecule has 1 aliphatic heterocycles. The number of hydrogen-bond donors (Lipinski definition) is 2. The Balaban J connectivity index is 1.08. The van der Waals surface area contributed by atoms with Crippen LogP contribution >= 0.6 is 0 Å². The van der Waals surface area contributed by atoms with E-state index in [1.807, 2.05) is 42.5 Å². The molecule has 0 bridgehead atoms. The lowest BCUT2D eigenvalue weighted by molar-refractivity contribution is 0.0393. The highest BCUT2D eigenvalue weighted by atomic mass is 19.3. The van der Waals surface area contributed by atoms with Crippen LogP contribution in [0.1, 0.15) is 40.9 Å². The third-order valence-electron chi connectivity index (χ3n) is 6.56. The number of fused-ring (bicyclic) bond motifs is 1. The number of carbonyl (C=O) groups excluding carboxylic acids is 1. The van der Waals surface area contributed by atoms with Crippen LogP contribution < -0.4 is 15.4 Å². The number of benzene rings is 2. The Labute approximate surface area is 238 Å². The van der Waals surface area contributed by atoms with Crippen molar-refractivity contribution in [2.45, 2.75) is 25.1 Å². The highest BCUT2D eigenvalue weighted by molar-refractivity contribution is 5.93. The quantitative estimate of drug-likeness (QED) is 0.224. The number of nitrogens with one attached hydrogen (secondary N) is 2. The van der Waals surface area contributed by atoms with Crippen LogP contribution in [0.2, 0.25) is 0 Å². The molecule has 2 atom stereocenters. The molecule has 0 aliphatic carbocycles. The zero-order chi connectivity index (χ0) is 28.9. The Hall–Kier alpha value is -4.82. The van der Waals surface area contributed by atoms with Gasteiger partial charge in [0, 0.05) is 37.3 Å². The molecular weight excluding hydrogens is 550 g/mol. The predicted molar refractivity (Wildman–Crippen MR) is 145 cm³/mol. The Kier molecular flexibility index (Phi) is 8.05. The van der Waals surface area contributed by atoms with Gasteiger partial charge in [0.25, 0.3) is 5.91 Å². The Morgan fingerprint density at radius 3 is 2.79 bits per heavy atom. The molecule has 1 aliphatic rings. The summed E-state index contributed by atoms with van der Waals surface area (Å²) in [5.74, 6) is 0.721. The van der Waals surface area contributed by atoms with Gasteiger partial charge in [-0.2, -0.15) is 8.78 Å². The van der Waals surface area contributed by atoms with Crippen molar-refractivity contribution in [3.05, 3.63) is 83.9 Å². The van der Waals surface area contributed by atoms with Gasteiger partial charge < -0.3 is 24.5 Å². The van der Waals surface area contributed by atoms with Gasteiger partial charge in [-0.3, -0.25) is 9.78 Å². The number of pyridine rings is 1. The fourth-order valence-corrected chi connectivity index (χ4v) is 4.51. The molecule has 4 heterocycles. The van der Waals surface area contributed by atoms with Crippen molar-refractivity contribution in [3.8, 4) is 17.2 Å². The van der Waals surface area contributed by atoms with E-state index in [1.54, 1.807) is 18.2 Å². The fraction of sp³-hybridized carbons (Fsp3) is 0.286. The fourth-order valence-electron chi connectivity index (χ4n) is 4.51. The maximum atomic E-state index is 13.0. The van der Waals surface area contributed by atoms with E-state index in [0.29, 0.717) is 41.5 Å².